The molecule has 0 amide bonds. The quantitative estimate of drug-likeness (QED) is 0.848. The average Bonchev–Trinajstić information content (AvgIpc) is 3.00. The minimum absolute atomic E-state index is 0.00956. The SMILES string of the molecule is CCc1ccc(S(=O)(=O)NC(C)C2CCCC2)cc1CN. The van der Waals surface area contributed by atoms with Crippen LogP contribution < -0.4 is 10.5 Å². The lowest BCUT2D eigenvalue weighted by atomic mass is 10.0. The Morgan fingerprint density at radius 3 is 2.52 bits per heavy atom. The van der Waals surface area contributed by atoms with Gasteiger partial charge < -0.3 is 5.73 Å². The number of sulfonamides is 1. The van der Waals surface area contributed by atoms with Crippen LogP contribution in [0, 0.1) is 5.92 Å². The van der Waals surface area contributed by atoms with Gasteiger partial charge in [-0.1, -0.05) is 25.8 Å². The van der Waals surface area contributed by atoms with Crippen molar-refractivity contribution in [3.05, 3.63) is 29.3 Å². The van der Waals surface area contributed by atoms with E-state index in [4.69, 9.17) is 5.73 Å². The molecular weight excluding hydrogens is 284 g/mol. The van der Waals surface area contributed by atoms with Crippen LogP contribution in [-0.2, 0) is 23.0 Å². The first kappa shape index (κ1) is 16.5. The number of nitrogens with two attached hydrogens (primary N) is 1. The van der Waals surface area contributed by atoms with Gasteiger partial charge in [-0.05, 0) is 55.4 Å². The number of nitrogens with one attached hydrogen (secondary N) is 1. The fraction of sp³-hybridized carbons (Fsp3) is 0.625. The molecular formula is C16H26N2O2S. The van der Waals surface area contributed by atoms with Crippen LogP contribution in [-0.4, -0.2) is 14.5 Å². The molecule has 1 aliphatic rings. The van der Waals surface area contributed by atoms with Crippen molar-refractivity contribution in [2.24, 2.45) is 11.7 Å². The Morgan fingerprint density at radius 2 is 1.95 bits per heavy atom. The Kier molecular flexibility index (Phi) is 5.41. The van der Waals surface area contributed by atoms with Crippen LogP contribution in [0.1, 0.15) is 50.7 Å². The number of benzene rings is 1. The molecule has 4 nitrogen and oxygen atoms in total. The van der Waals surface area contributed by atoms with Gasteiger partial charge in [-0.2, -0.15) is 0 Å². The summed E-state index contributed by atoms with van der Waals surface area (Å²) < 4.78 is 27.9. The predicted molar refractivity (Wildman–Crippen MR) is 85.5 cm³/mol. The predicted octanol–water partition coefficient (Wildman–Crippen LogP) is 2.56. The van der Waals surface area contributed by atoms with Gasteiger partial charge >= 0.3 is 0 Å². The Balaban J connectivity index is 2.18. The van der Waals surface area contributed by atoms with Crippen molar-refractivity contribution in [3.8, 4) is 0 Å². The minimum Gasteiger partial charge on any atom is -0.326 e. The normalized spacial score (nSPS) is 18.0. The van der Waals surface area contributed by atoms with Gasteiger partial charge in [-0.3, -0.25) is 0 Å². The molecule has 0 saturated heterocycles. The van der Waals surface area contributed by atoms with Gasteiger partial charge in [0.2, 0.25) is 10.0 Å². The zero-order valence-electron chi connectivity index (χ0n) is 12.9. The van der Waals surface area contributed by atoms with Gasteiger partial charge in [-0.15, -0.1) is 0 Å². The first-order valence-electron chi connectivity index (χ1n) is 7.82. The molecule has 3 N–H and O–H groups in total. The van der Waals surface area contributed by atoms with Gasteiger partial charge in [0.15, 0.2) is 0 Å². The Morgan fingerprint density at radius 1 is 1.29 bits per heavy atom. The maximum atomic E-state index is 12.5. The fourth-order valence-electron chi connectivity index (χ4n) is 3.17. The maximum Gasteiger partial charge on any atom is 0.240 e. The Labute approximate surface area is 128 Å². The second-order valence-corrected chi connectivity index (χ2v) is 7.66. The lowest BCUT2D eigenvalue weighted by Gasteiger charge is -2.20. The molecule has 118 valence electrons. The third-order valence-electron chi connectivity index (χ3n) is 4.54. The Hall–Kier alpha value is -0.910. The zero-order chi connectivity index (χ0) is 15.5. The zero-order valence-corrected chi connectivity index (χ0v) is 13.7. The molecule has 2 rings (SSSR count). The molecule has 1 aromatic carbocycles. The highest BCUT2D eigenvalue weighted by molar-refractivity contribution is 7.89. The standard InChI is InChI=1S/C16H26N2O2S/c1-3-13-8-9-16(10-15(13)11-17)21(19,20)18-12(2)14-6-4-5-7-14/h8-10,12,14,18H,3-7,11,17H2,1-2H3. The molecule has 21 heavy (non-hydrogen) atoms. The summed E-state index contributed by atoms with van der Waals surface area (Å²) >= 11 is 0. The minimum atomic E-state index is -3.46. The summed E-state index contributed by atoms with van der Waals surface area (Å²) in [6, 6.07) is 5.26. The molecule has 1 aromatic rings. The molecule has 0 aromatic heterocycles. The van der Waals surface area contributed by atoms with Crippen LogP contribution in [0.3, 0.4) is 0 Å². The maximum absolute atomic E-state index is 12.5. The molecule has 1 atom stereocenters. The summed E-state index contributed by atoms with van der Waals surface area (Å²) in [5, 5.41) is 0. The van der Waals surface area contributed by atoms with Crippen molar-refractivity contribution >= 4 is 10.0 Å². The van der Waals surface area contributed by atoms with E-state index in [1.54, 1.807) is 12.1 Å². The van der Waals surface area contributed by atoms with Crippen LogP contribution in [0.4, 0.5) is 0 Å². The topological polar surface area (TPSA) is 72.2 Å². The summed E-state index contributed by atoms with van der Waals surface area (Å²) in [4.78, 5) is 0.324. The number of aryl methyl sites for hydroxylation is 1. The summed E-state index contributed by atoms with van der Waals surface area (Å²) in [6.07, 6.45) is 5.51. The molecule has 1 aliphatic carbocycles. The van der Waals surface area contributed by atoms with Gasteiger partial charge in [0.1, 0.15) is 0 Å². The van der Waals surface area contributed by atoms with Crippen molar-refractivity contribution in [2.45, 2.75) is 63.4 Å². The molecule has 0 bridgehead atoms. The Bertz CT molecular complexity index is 578. The number of hydrogen-bond acceptors (Lipinski definition) is 3. The van der Waals surface area contributed by atoms with Crippen LogP contribution >= 0.6 is 0 Å². The molecule has 1 unspecified atom stereocenters. The molecule has 5 heteroatoms. The van der Waals surface area contributed by atoms with Crippen molar-refractivity contribution in [3.63, 3.8) is 0 Å². The van der Waals surface area contributed by atoms with Crippen LogP contribution in [0.15, 0.2) is 23.1 Å². The van der Waals surface area contributed by atoms with E-state index in [0.29, 0.717) is 17.4 Å². The van der Waals surface area contributed by atoms with Crippen LogP contribution in [0.5, 0.6) is 0 Å². The fourth-order valence-corrected chi connectivity index (χ4v) is 4.53. The number of rotatable bonds is 6. The van der Waals surface area contributed by atoms with E-state index in [2.05, 4.69) is 4.72 Å². The van der Waals surface area contributed by atoms with E-state index >= 15 is 0 Å². The summed E-state index contributed by atoms with van der Waals surface area (Å²) in [5.41, 5.74) is 7.75. The lowest BCUT2D eigenvalue weighted by Crippen LogP contribution is -2.37. The van der Waals surface area contributed by atoms with E-state index in [1.807, 2.05) is 19.9 Å². The highest BCUT2D eigenvalue weighted by Crippen LogP contribution is 2.28. The largest absolute Gasteiger partial charge is 0.326 e. The first-order chi connectivity index (χ1) is 9.97. The average molecular weight is 310 g/mol. The van der Waals surface area contributed by atoms with Gasteiger partial charge in [0.05, 0.1) is 4.90 Å². The first-order valence-corrected chi connectivity index (χ1v) is 9.30. The molecule has 1 saturated carbocycles. The van der Waals surface area contributed by atoms with E-state index in [1.165, 1.54) is 12.8 Å². The van der Waals surface area contributed by atoms with Gasteiger partial charge in [0.25, 0.3) is 0 Å². The second kappa shape index (κ2) is 6.90. The van der Waals surface area contributed by atoms with Crippen LogP contribution in [0.25, 0.3) is 0 Å². The summed E-state index contributed by atoms with van der Waals surface area (Å²) in [6.45, 7) is 4.38. The summed E-state index contributed by atoms with van der Waals surface area (Å²) in [7, 11) is -3.46. The van der Waals surface area contributed by atoms with Crippen molar-refractivity contribution in [2.75, 3.05) is 0 Å². The molecule has 1 fully saturated rings. The van der Waals surface area contributed by atoms with Gasteiger partial charge in [-0.25, -0.2) is 13.1 Å². The molecule has 0 radical (unpaired) electrons. The lowest BCUT2D eigenvalue weighted by molar-refractivity contribution is 0.424. The summed E-state index contributed by atoms with van der Waals surface area (Å²) in [5.74, 6) is 0.462. The van der Waals surface area contributed by atoms with Crippen molar-refractivity contribution in [1.82, 2.24) is 4.72 Å². The molecule has 0 spiro atoms. The highest BCUT2D eigenvalue weighted by atomic mass is 32.2. The van der Waals surface area contributed by atoms with Crippen molar-refractivity contribution in [1.29, 1.82) is 0 Å². The van der Waals surface area contributed by atoms with Crippen LogP contribution in [0.2, 0.25) is 0 Å². The smallest absolute Gasteiger partial charge is 0.240 e. The number of hydrogen-bond donors (Lipinski definition) is 2. The van der Waals surface area contributed by atoms with E-state index in [-0.39, 0.29) is 6.04 Å². The third-order valence-corrected chi connectivity index (χ3v) is 6.09. The molecule has 0 heterocycles. The van der Waals surface area contributed by atoms with Gasteiger partial charge in [0, 0.05) is 12.6 Å². The third kappa shape index (κ3) is 3.84. The van der Waals surface area contributed by atoms with E-state index in [0.717, 1.165) is 30.4 Å². The second-order valence-electron chi connectivity index (χ2n) is 5.94. The van der Waals surface area contributed by atoms with Crippen molar-refractivity contribution < 1.29 is 8.42 Å². The monoisotopic (exact) mass is 310 g/mol. The molecule has 0 aliphatic heterocycles. The highest BCUT2D eigenvalue weighted by Gasteiger charge is 2.26. The van der Waals surface area contributed by atoms with E-state index < -0.39 is 10.0 Å². The van der Waals surface area contributed by atoms with E-state index in [9.17, 15) is 8.42 Å².